The summed E-state index contributed by atoms with van der Waals surface area (Å²) in [6.45, 7) is 8.31. The maximum absolute atomic E-state index is 12.6. The van der Waals surface area contributed by atoms with Crippen molar-refractivity contribution < 1.29 is 23.8 Å². The van der Waals surface area contributed by atoms with Gasteiger partial charge in [0, 0.05) is 43.2 Å². The Kier molecular flexibility index (Phi) is 14.1. The molecule has 1 rings (SSSR count). The van der Waals surface area contributed by atoms with Gasteiger partial charge in [0.1, 0.15) is 12.2 Å². The molecule has 0 spiro atoms. The fourth-order valence-corrected chi connectivity index (χ4v) is 4.65. The van der Waals surface area contributed by atoms with Gasteiger partial charge in [-0.05, 0) is 38.5 Å². The van der Waals surface area contributed by atoms with Crippen LogP contribution in [0.25, 0.3) is 0 Å². The van der Waals surface area contributed by atoms with Crippen molar-refractivity contribution >= 4 is 27.9 Å². The number of rotatable bonds is 15. The van der Waals surface area contributed by atoms with Gasteiger partial charge >= 0.3 is 11.9 Å². The number of halogens is 1. The van der Waals surface area contributed by atoms with Crippen LogP contribution in [0.15, 0.2) is 24.3 Å². The molecule has 0 aromatic carbocycles. The molecule has 1 aliphatic heterocycles. The summed E-state index contributed by atoms with van der Waals surface area (Å²) in [4.78, 5) is 24.5. The molecule has 178 valence electrons. The molecule has 0 unspecified atom stereocenters. The molecule has 0 N–H and O–H groups in total. The number of methoxy groups -OCH3 is 1. The number of hydrogen-bond donors (Lipinski definition) is 0. The second-order valence-electron chi connectivity index (χ2n) is 8.51. The molecule has 0 saturated heterocycles. The zero-order valence-corrected chi connectivity index (χ0v) is 21.4. The average molecular weight is 502 g/mol. The van der Waals surface area contributed by atoms with Gasteiger partial charge in [-0.15, -0.1) is 0 Å². The molecule has 31 heavy (non-hydrogen) atoms. The Morgan fingerprint density at radius 3 is 2.65 bits per heavy atom. The highest BCUT2D eigenvalue weighted by molar-refractivity contribution is 9.09. The topological polar surface area (TPSA) is 61.8 Å². The van der Waals surface area contributed by atoms with Crippen LogP contribution in [0.3, 0.4) is 0 Å². The zero-order chi connectivity index (χ0) is 23.2. The highest BCUT2D eigenvalue weighted by Crippen LogP contribution is 2.31. The third-order valence-electron chi connectivity index (χ3n) is 6.14. The van der Waals surface area contributed by atoms with Gasteiger partial charge in [-0.25, -0.2) is 4.79 Å². The Hall–Kier alpha value is -1.14. The van der Waals surface area contributed by atoms with E-state index in [-0.39, 0.29) is 48.0 Å². The van der Waals surface area contributed by atoms with Crippen LogP contribution >= 0.6 is 15.9 Å². The summed E-state index contributed by atoms with van der Waals surface area (Å²) < 4.78 is 17.5. The minimum absolute atomic E-state index is 0.0288. The molecule has 0 fully saturated rings. The lowest BCUT2D eigenvalue weighted by atomic mass is 9.83. The summed E-state index contributed by atoms with van der Waals surface area (Å²) >= 11 is 3.42. The van der Waals surface area contributed by atoms with E-state index in [9.17, 15) is 9.59 Å². The van der Waals surface area contributed by atoms with Gasteiger partial charge in [0.25, 0.3) is 0 Å². The summed E-state index contributed by atoms with van der Waals surface area (Å²) in [6.07, 6.45) is 12.3. The first-order valence-corrected chi connectivity index (χ1v) is 12.8. The molecule has 5 nitrogen and oxygen atoms in total. The number of cyclic esters (lactones) is 1. The predicted octanol–water partition coefficient (Wildman–Crippen LogP) is 6.00. The van der Waals surface area contributed by atoms with Crippen molar-refractivity contribution in [2.24, 2.45) is 17.8 Å². The van der Waals surface area contributed by atoms with E-state index in [4.69, 9.17) is 14.2 Å². The van der Waals surface area contributed by atoms with Gasteiger partial charge in [0.15, 0.2) is 0 Å². The number of allylic oxidation sites excluding steroid dienone is 2. The SMILES string of the molecule is C/C=C/C[C@H](C)[C@@H](OC)[C@@H](C)[C@@H](C[C@H]1OC(=O)C=C[C@H]1CC)OC(=O)CCCCCBr. The number of carbonyl (C=O) groups excluding carboxylic acids is 2. The highest BCUT2D eigenvalue weighted by Gasteiger charge is 2.36. The average Bonchev–Trinajstić information content (AvgIpc) is 2.75. The Labute approximate surface area is 197 Å². The molecule has 0 aromatic rings. The molecule has 0 bridgehead atoms. The van der Waals surface area contributed by atoms with Crippen LogP contribution in [0.2, 0.25) is 0 Å². The lowest BCUT2D eigenvalue weighted by Crippen LogP contribution is -2.42. The van der Waals surface area contributed by atoms with Crippen LogP contribution in [-0.2, 0) is 23.8 Å². The number of hydrogen-bond acceptors (Lipinski definition) is 5. The fraction of sp³-hybridized carbons (Fsp3) is 0.760. The van der Waals surface area contributed by atoms with E-state index in [0.717, 1.165) is 37.4 Å². The molecular formula is C25H41BrO5. The number of esters is 2. The summed E-state index contributed by atoms with van der Waals surface area (Å²) in [5.41, 5.74) is 0. The summed E-state index contributed by atoms with van der Waals surface area (Å²) in [5.74, 6) is -0.141. The van der Waals surface area contributed by atoms with E-state index in [1.807, 2.05) is 19.1 Å². The number of alkyl halides is 1. The van der Waals surface area contributed by atoms with Gasteiger partial charge < -0.3 is 14.2 Å². The minimum Gasteiger partial charge on any atom is -0.462 e. The second kappa shape index (κ2) is 15.6. The van der Waals surface area contributed by atoms with Gasteiger partial charge in [-0.2, -0.15) is 0 Å². The quantitative estimate of drug-likeness (QED) is 0.119. The van der Waals surface area contributed by atoms with E-state index in [1.165, 1.54) is 6.08 Å². The Balaban J connectivity index is 2.95. The van der Waals surface area contributed by atoms with Crippen LogP contribution < -0.4 is 0 Å². The Morgan fingerprint density at radius 1 is 1.29 bits per heavy atom. The predicted molar refractivity (Wildman–Crippen MR) is 128 cm³/mol. The molecular weight excluding hydrogens is 460 g/mol. The Bertz CT molecular complexity index is 588. The summed E-state index contributed by atoms with van der Waals surface area (Å²) in [7, 11) is 1.71. The van der Waals surface area contributed by atoms with Crippen molar-refractivity contribution in [3.05, 3.63) is 24.3 Å². The number of carbonyl (C=O) groups is 2. The largest absolute Gasteiger partial charge is 0.462 e. The van der Waals surface area contributed by atoms with Gasteiger partial charge in [0.05, 0.1) is 6.10 Å². The smallest absolute Gasteiger partial charge is 0.330 e. The van der Waals surface area contributed by atoms with Crippen molar-refractivity contribution in [2.45, 2.75) is 91.0 Å². The van der Waals surface area contributed by atoms with E-state index in [2.05, 4.69) is 42.8 Å². The van der Waals surface area contributed by atoms with Crippen LogP contribution in [0.5, 0.6) is 0 Å². The van der Waals surface area contributed by atoms with Crippen molar-refractivity contribution in [3.63, 3.8) is 0 Å². The first-order valence-electron chi connectivity index (χ1n) is 11.7. The zero-order valence-electron chi connectivity index (χ0n) is 19.8. The van der Waals surface area contributed by atoms with E-state index in [1.54, 1.807) is 7.11 Å². The van der Waals surface area contributed by atoms with Crippen molar-refractivity contribution in [1.82, 2.24) is 0 Å². The van der Waals surface area contributed by atoms with Crippen LogP contribution in [0, 0.1) is 17.8 Å². The van der Waals surface area contributed by atoms with Gasteiger partial charge in [-0.1, -0.05) is 61.4 Å². The molecule has 0 aromatic heterocycles. The van der Waals surface area contributed by atoms with Crippen LogP contribution in [0.4, 0.5) is 0 Å². The van der Waals surface area contributed by atoms with E-state index in [0.29, 0.717) is 12.8 Å². The lowest BCUT2D eigenvalue weighted by molar-refractivity contribution is -0.162. The van der Waals surface area contributed by atoms with Crippen molar-refractivity contribution in [1.29, 1.82) is 0 Å². The highest BCUT2D eigenvalue weighted by atomic mass is 79.9. The molecule has 0 amide bonds. The molecule has 0 aliphatic carbocycles. The lowest BCUT2D eigenvalue weighted by Gasteiger charge is -2.36. The van der Waals surface area contributed by atoms with Crippen molar-refractivity contribution in [2.75, 3.05) is 12.4 Å². The van der Waals surface area contributed by atoms with Gasteiger partial charge in [0.2, 0.25) is 0 Å². The second-order valence-corrected chi connectivity index (χ2v) is 9.30. The molecule has 6 atom stereocenters. The standard InChI is InChI=1S/C25H41BrO5/c1-6-8-12-18(3)25(29-5)19(4)21(30-23(27)13-10-9-11-16-26)17-22-20(7-2)14-15-24(28)31-22/h6,8,14-15,18-22,25H,7,9-13,16-17H2,1-5H3/b8-6+/t18-,19-,20+,21+,22+,25+/m0/s1. The number of ether oxygens (including phenoxy) is 3. The van der Waals surface area contributed by atoms with E-state index >= 15 is 0 Å². The monoisotopic (exact) mass is 500 g/mol. The minimum atomic E-state index is -0.375. The van der Waals surface area contributed by atoms with Crippen LogP contribution in [-0.4, -0.2) is 42.7 Å². The molecule has 1 heterocycles. The maximum atomic E-state index is 12.6. The van der Waals surface area contributed by atoms with E-state index < -0.39 is 0 Å². The normalized spacial score (nSPS) is 22.7. The fourth-order valence-electron chi connectivity index (χ4n) is 4.25. The van der Waals surface area contributed by atoms with Crippen LogP contribution in [0.1, 0.15) is 72.6 Å². The third kappa shape index (κ3) is 9.90. The van der Waals surface area contributed by atoms with Crippen molar-refractivity contribution in [3.8, 4) is 0 Å². The summed E-state index contributed by atoms with van der Waals surface area (Å²) in [6, 6.07) is 0. The first kappa shape index (κ1) is 27.9. The maximum Gasteiger partial charge on any atom is 0.330 e. The Morgan fingerprint density at radius 2 is 2.03 bits per heavy atom. The molecule has 6 heteroatoms. The van der Waals surface area contributed by atoms with Gasteiger partial charge in [-0.3, -0.25) is 4.79 Å². The molecule has 1 aliphatic rings. The molecule has 0 radical (unpaired) electrons. The molecule has 0 saturated carbocycles. The first-order chi connectivity index (χ1) is 14.9. The number of unbranched alkanes of at least 4 members (excludes halogenated alkanes) is 2. The third-order valence-corrected chi connectivity index (χ3v) is 6.70. The summed E-state index contributed by atoms with van der Waals surface area (Å²) in [5, 5.41) is 0.945.